The molecule has 24 heavy (non-hydrogen) atoms. The number of para-hydroxylation sites is 1. The van der Waals surface area contributed by atoms with E-state index in [0.29, 0.717) is 5.75 Å². The van der Waals surface area contributed by atoms with Crippen molar-refractivity contribution < 1.29 is 17.9 Å². The van der Waals surface area contributed by atoms with Crippen LogP contribution in [0.2, 0.25) is 0 Å². The van der Waals surface area contributed by atoms with Crippen LogP contribution in [0.5, 0.6) is 5.75 Å². The molecule has 0 fully saturated rings. The molecular formula is C18H21NO4S. The molecule has 0 radical (unpaired) electrons. The number of nitrogens with one attached hydrogen (secondary N) is 1. The third-order valence-electron chi connectivity index (χ3n) is 3.59. The Hall–Kier alpha value is -2.34. The lowest BCUT2D eigenvalue weighted by atomic mass is 9.97. The van der Waals surface area contributed by atoms with E-state index >= 15 is 0 Å². The molecule has 0 saturated carbocycles. The molecule has 0 aliphatic carbocycles. The molecule has 0 aliphatic heterocycles. The zero-order chi connectivity index (χ0) is 17.6. The summed E-state index contributed by atoms with van der Waals surface area (Å²) in [5.41, 5.74) is 1.72. The average molecular weight is 347 g/mol. The standard InChI is InChI=1S/C18H21NO4S/c1-23-16-11-7-6-10-15(16)18(14-8-4-3-5-9-14)19-17(20)12-13-24(2,21)22/h3-11,18H,12-13H2,1-2H3,(H,19,20)/t18-/m1/s1. The van der Waals surface area contributed by atoms with Crippen LogP contribution < -0.4 is 10.1 Å². The summed E-state index contributed by atoms with van der Waals surface area (Å²) in [5.74, 6) is 0.168. The van der Waals surface area contributed by atoms with E-state index in [2.05, 4.69) is 5.32 Å². The number of benzene rings is 2. The molecule has 0 spiro atoms. The number of methoxy groups -OCH3 is 1. The molecule has 0 aliphatic rings. The maximum atomic E-state index is 12.2. The summed E-state index contributed by atoms with van der Waals surface area (Å²) < 4.78 is 27.9. The lowest BCUT2D eigenvalue weighted by molar-refractivity contribution is -0.121. The first-order valence-corrected chi connectivity index (χ1v) is 9.61. The highest BCUT2D eigenvalue weighted by atomic mass is 32.2. The molecule has 0 unspecified atom stereocenters. The van der Waals surface area contributed by atoms with Gasteiger partial charge < -0.3 is 10.1 Å². The number of hydrogen-bond acceptors (Lipinski definition) is 4. The Kier molecular flexibility index (Phi) is 5.98. The highest BCUT2D eigenvalue weighted by Crippen LogP contribution is 2.29. The number of carbonyl (C=O) groups is 1. The van der Waals surface area contributed by atoms with Crippen LogP contribution in [0.4, 0.5) is 0 Å². The zero-order valence-electron chi connectivity index (χ0n) is 13.7. The van der Waals surface area contributed by atoms with E-state index in [-0.39, 0.29) is 18.1 Å². The Bertz CT molecular complexity index is 788. The first-order valence-electron chi connectivity index (χ1n) is 7.55. The topological polar surface area (TPSA) is 72.5 Å². The fourth-order valence-electron chi connectivity index (χ4n) is 2.40. The molecule has 128 valence electrons. The third kappa shape index (κ3) is 5.09. The van der Waals surface area contributed by atoms with Gasteiger partial charge in [-0.15, -0.1) is 0 Å². The van der Waals surface area contributed by atoms with Crippen molar-refractivity contribution in [3.05, 3.63) is 65.7 Å². The van der Waals surface area contributed by atoms with E-state index in [1.54, 1.807) is 7.11 Å². The summed E-state index contributed by atoms with van der Waals surface area (Å²) in [6.45, 7) is 0. The minimum Gasteiger partial charge on any atom is -0.496 e. The number of rotatable bonds is 7. The van der Waals surface area contributed by atoms with Crippen LogP contribution in [-0.4, -0.2) is 33.4 Å². The van der Waals surface area contributed by atoms with Crippen molar-refractivity contribution >= 4 is 15.7 Å². The molecule has 0 saturated heterocycles. The van der Waals surface area contributed by atoms with Gasteiger partial charge in [0, 0.05) is 18.2 Å². The van der Waals surface area contributed by atoms with Gasteiger partial charge >= 0.3 is 0 Å². The van der Waals surface area contributed by atoms with E-state index in [4.69, 9.17) is 4.74 Å². The Morgan fingerprint density at radius 3 is 2.33 bits per heavy atom. The Labute approximate surface area is 142 Å². The predicted molar refractivity (Wildman–Crippen MR) is 93.7 cm³/mol. The van der Waals surface area contributed by atoms with Crippen molar-refractivity contribution in [1.82, 2.24) is 5.32 Å². The summed E-state index contributed by atoms with van der Waals surface area (Å²) in [6.07, 6.45) is 1.05. The van der Waals surface area contributed by atoms with Gasteiger partial charge in [-0.2, -0.15) is 0 Å². The van der Waals surface area contributed by atoms with E-state index in [1.165, 1.54) is 0 Å². The first kappa shape index (κ1) is 18.0. The van der Waals surface area contributed by atoms with E-state index < -0.39 is 15.9 Å². The van der Waals surface area contributed by atoms with Gasteiger partial charge in [0.25, 0.3) is 0 Å². The minimum atomic E-state index is -3.18. The molecule has 2 aromatic carbocycles. The molecule has 5 nitrogen and oxygen atoms in total. The van der Waals surface area contributed by atoms with Crippen molar-refractivity contribution in [3.63, 3.8) is 0 Å². The second-order valence-corrected chi connectivity index (χ2v) is 7.79. The lowest BCUT2D eigenvalue weighted by Gasteiger charge is -2.22. The number of carbonyl (C=O) groups excluding carboxylic acids is 1. The number of hydrogen-bond donors (Lipinski definition) is 1. The van der Waals surface area contributed by atoms with Crippen molar-refractivity contribution in [2.45, 2.75) is 12.5 Å². The monoisotopic (exact) mass is 347 g/mol. The van der Waals surface area contributed by atoms with Gasteiger partial charge in [0.2, 0.25) is 5.91 Å². The van der Waals surface area contributed by atoms with E-state index in [1.807, 2.05) is 54.6 Å². The second kappa shape index (κ2) is 7.97. The predicted octanol–water partition coefficient (Wildman–Crippen LogP) is 2.34. The van der Waals surface area contributed by atoms with Gasteiger partial charge in [0.1, 0.15) is 15.6 Å². The second-order valence-electron chi connectivity index (χ2n) is 5.53. The maximum Gasteiger partial charge on any atom is 0.221 e. The van der Waals surface area contributed by atoms with Crippen molar-refractivity contribution in [3.8, 4) is 5.75 Å². The van der Waals surface area contributed by atoms with Crippen LogP contribution >= 0.6 is 0 Å². The van der Waals surface area contributed by atoms with Gasteiger partial charge in [-0.05, 0) is 11.6 Å². The van der Waals surface area contributed by atoms with Crippen LogP contribution in [0, 0.1) is 0 Å². The minimum absolute atomic E-state index is 0.0721. The van der Waals surface area contributed by atoms with Gasteiger partial charge in [-0.25, -0.2) is 8.42 Å². The molecule has 1 N–H and O–H groups in total. The molecule has 2 rings (SSSR count). The summed E-state index contributed by atoms with van der Waals surface area (Å²) >= 11 is 0. The van der Waals surface area contributed by atoms with Gasteiger partial charge in [0.05, 0.1) is 18.9 Å². The molecule has 1 amide bonds. The van der Waals surface area contributed by atoms with Crippen LogP contribution in [-0.2, 0) is 14.6 Å². The van der Waals surface area contributed by atoms with Gasteiger partial charge in [-0.1, -0.05) is 48.5 Å². The fraction of sp³-hybridized carbons (Fsp3) is 0.278. The van der Waals surface area contributed by atoms with Crippen molar-refractivity contribution in [2.75, 3.05) is 19.1 Å². The van der Waals surface area contributed by atoms with Crippen molar-refractivity contribution in [2.24, 2.45) is 0 Å². The molecular weight excluding hydrogens is 326 g/mol. The number of sulfone groups is 1. The third-order valence-corrected chi connectivity index (χ3v) is 4.53. The molecule has 2 aromatic rings. The summed E-state index contributed by atoms with van der Waals surface area (Å²) in [7, 11) is -1.61. The normalized spacial score (nSPS) is 12.4. The highest BCUT2D eigenvalue weighted by Gasteiger charge is 2.20. The maximum absolute atomic E-state index is 12.2. The van der Waals surface area contributed by atoms with E-state index in [9.17, 15) is 13.2 Å². The Morgan fingerprint density at radius 2 is 1.71 bits per heavy atom. The number of amides is 1. The summed E-state index contributed by atoms with van der Waals surface area (Å²) in [4.78, 5) is 12.2. The van der Waals surface area contributed by atoms with Gasteiger partial charge in [-0.3, -0.25) is 4.79 Å². The first-order chi connectivity index (χ1) is 11.4. The Balaban J connectivity index is 2.29. The zero-order valence-corrected chi connectivity index (χ0v) is 14.5. The average Bonchev–Trinajstić information content (AvgIpc) is 2.58. The Morgan fingerprint density at radius 1 is 1.08 bits per heavy atom. The molecule has 0 heterocycles. The molecule has 6 heteroatoms. The molecule has 0 bridgehead atoms. The van der Waals surface area contributed by atoms with Crippen LogP contribution in [0.25, 0.3) is 0 Å². The van der Waals surface area contributed by atoms with Crippen LogP contribution in [0.1, 0.15) is 23.6 Å². The van der Waals surface area contributed by atoms with Crippen LogP contribution in [0.3, 0.4) is 0 Å². The summed E-state index contributed by atoms with van der Waals surface area (Å²) in [5, 5.41) is 2.91. The largest absolute Gasteiger partial charge is 0.496 e. The quantitative estimate of drug-likeness (QED) is 0.834. The molecule has 0 aromatic heterocycles. The van der Waals surface area contributed by atoms with Gasteiger partial charge in [0.15, 0.2) is 0 Å². The lowest BCUT2D eigenvalue weighted by Crippen LogP contribution is -2.30. The summed E-state index contributed by atoms with van der Waals surface area (Å²) in [6, 6.07) is 16.5. The fourth-order valence-corrected chi connectivity index (χ4v) is 2.96. The highest BCUT2D eigenvalue weighted by molar-refractivity contribution is 7.90. The van der Waals surface area contributed by atoms with E-state index in [0.717, 1.165) is 17.4 Å². The van der Waals surface area contributed by atoms with Crippen molar-refractivity contribution in [1.29, 1.82) is 0 Å². The number of ether oxygens (including phenoxy) is 1. The smallest absolute Gasteiger partial charge is 0.221 e. The SMILES string of the molecule is COc1ccccc1[C@H](NC(=O)CCS(C)(=O)=O)c1ccccc1. The van der Waals surface area contributed by atoms with Crippen LogP contribution in [0.15, 0.2) is 54.6 Å². The molecule has 1 atom stereocenters.